The molecule has 1 fully saturated rings. The van der Waals surface area contributed by atoms with Gasteiger partial charge in [0, 0.05) is 25.5 Å². The van der Waals surface area contributed by atoms with Gasteiger partial charge in [-0.2, -0.15) is 18.3 Å². The molecule has 4 rings (SSSR count). The summed E-state index contributed by atoms with van der Waals surface area (Å²) in [6.07, 6.45) is 3.10. The van der Waals surface area contributed by atoms with Gasteiger partial charge in [-0.3, -0.25) is 4.68 Å². The molecule has 11 heteroatoms. The Morgan fingerprint density at radius 3 is 2.71 bits per heavy atom. The van der Waals surface area contributed by atoms with E-state index in [1.165, 1.54) is 4.90 Å². The van der Waals surface area contributed by atoms with Crippen LogP contribution in [-0.4, -0.2) is 55.5 Å². The van der Waals surface area contributed by atoms with Crippen molar-refractivity contribution in [3.8, 4) is 0 Å². The van der Waals surface area contributed by atoms with Crippen LogP contribution in [0.15, 0.2) is 18.5 Å². The number of nitrogens with zero attached hydrogens (tertiary/aromatic N) is 5. The van der Waals surface area contributed by atoms with Gasteiger partial charge >= 0.3 is 12.2 Å². The van der Waals surface area contributed by atoms with Crippen LogP contribution in [0.25, 0.3) is 5.57 Å². The number of hydrogen-bond donors (Lipinski definition) is 2. The quantitative estimate of drug-likeness (QED) is 0.768. The lowest BCUT2D eigenvalue weighted by Gasteiger charge is -2.34. The Hall–Kier alpha value is -3.11. The molecule has 0 aliphatic carbocycles. The van der Waals surface area contributed by atoms with Crippen molar-refractivity contribution >= 4 is 23.2 Å². The van der Waals surface area contributed by atoms with E-state index in [1.807, 2.05) is 38.5 Å². The highest BCUT2D eigenvalue weighted by molar-refractivity contribution is 5.79. The summed E-state index contributed by atoms with van der Waals surface area (Å²) in [7, 11) is 1.83. The van der Waals surface area contributed by atoms with Crippen LogP contribution < -0.4 is 10.6 Å². The summed E-state index contributed by atoms with van der Waals surface area (Å²) in [5.41, 5.74) is 4.30. The van der Waals surface area contributed by atoms with Crippen molar-refractivity contribution in [2.75, 3.05) is 11.9 Å². The van der Waals surface area contributed by atoms with Crippen LogP contribution in [0.3, 0.4) is 0 Å². The Kier molecular flexibility index (Phi) is 5.36. The first kappa shape index (κ1) is 21.1. The lowest BCUT2D eigenvalue weighted by molar-refractivity contribution is -0.123. The van der Waals surface area contributed by atoms with E-state index in [9.17, 15) is 18.0 Å². The predicted octanol–water partition coefficient (Wildman–Crippen LogP) is 3.46. The molecule has 2 amide bonds. The number of amides is 2. The fraction of sp³-hybridized carbons (Fsp3) is 0.500. The standard InChI is InChI=1S/C20H24F3N7O/c1-11-8-24-18(26-16-9-29(3)28-12(16)2)27-17(11)13-6-14-4-5-15(7-13)30(14)19(31)25-10-20(21,22)23/h6,8-9,14-15H,4-5,7,10H2,1-3H3,(H,25,31)(H,24,26,27). The summed E-state index contributed by atoms with van der Waals surface area (Å²) < 4.78 is 39.1. The van der Waals surface area contributed by atoms with E-state index in [0.717, 1.165) is 41.1 Å². The summed E-state index contributed by atoms with van der Waals surface area (Å²) in [5, 5.41) is 9.47. The molecule has 0 saturated carbocycles. The lowest BCUT2D eigenvalue weighted by atomic mass is 9.96. The minimum Gasteiger partial charge on any atom is -0.329 e. The number of alkyl halides is 3. The van der Waals surface area contributed by atoms with Crippen LogP contribution in [0.2, 0.25) is 0 Å². The highest BCUT2D eigenvalue weighted by atomic mass is 19.4. The number of nitrogens with one attached hydrogen (secondary N) is 2. The molecular weight excluding hydrogens is 411 g/mol. The third-order valence-electron chi connectivity index (χ3n) is 5.61. The molecule has 31 heavy (non-hydrogen) atoms. The number of fused-ring (bicyclic) bond motifs is 2. The van der Waals surface area contributed by atoms with Gasteiger partial charge in [0.15, 0.2) is 0 Å². The number of hydrogen-bond acceptors (Lipinski definition) is 5. The lowest BCUT2D eigenvalue weighted by Crippen LogP contribution is -2.50. The molecule has 0 spiro atoms. The largest absolute Gasteiger partial charge is 0.405 e. The molecule has 4 heterocycles. The maximum Gasteiger partial charge on any atom is 0.405 e. The molecule has 0 radical (unpaired) electrons. The zero-order chi connectivity index (χ0) is 22.3. The molecule has 2 atom stereocenters. The molecule has 2 N–H and O–H groups in total. The molecule has 2 bridgehead atoms. The minimum atomic E-state index is -4.43. The third kappa shape index (κ3) is 4.49. The summed E-state index contributed by atoms with van der Waals surface area (Å²) in [6, 6.07) is -1.06. The number of anilines is 2. The van der Waals surface area contributed by atoms with E-state index in [4.69, 9.17) is 0 Å². The first-order chi connectivity index (χ1) is 14.6. The molecule has 2 aliphatic heterocycles. The van der Waals surface area contributed by atoms with Gasteiger partial charge < -0.3 is 15.5 Å². The maximum absolute atomic E-state index is 12.5. The van der Waals surface area contributed by atoms with Gasteiger partial charge in [0.2, 0.25) is 5.95 Å². The highest BCUT2D eigenvalue weighted by Gasteiger charge is 2.41. The van der Waals surface area contributed by atoms with E-state index in [0.29, 0.717) is 12.4 Å². The van der Waals surface area contributed by atoms with Crippen molar-refractivity contribution in [2.24, 2.45) is 7.05 Å². The Balaban J connectivity index is 1.54. The number of rotatable bonds is 4. The van der Waals surface area contributed by atoms with E-state index in [1.54, 1.807) is 10.9 Å². The van der Waals surface area contributed by atoms with Crippen LogP contribution in [0.4, 0.5) is 29.6 Å². The fourth-order valence-electron chi connectivity index (χ4n) is 4.26. The molecule has 2 aromatic rings. The Morgan fingerprint density at radius 1 is 1.29 bits per heavy atom. The number of aromatic nitrogens is 4. The molecule has 0 aromatic carbocycles. The van der Waals surface area contributed by atoms with Crippen LogP contribution in [0, 0.1) is 13.8 Å². The van der Waals surface area contributed by atoms with E-state index >= 15 is 0 Å². The van der Waals surface area contributed by atoms with Gasteiger partial charge in [-0.1, -0.05) is 6.08 Å². The Labute approximate surface area is 177 Å². The molecule has 2 aromatic heterocycles. The fourth-order valence-corrected chi connectivity index (χ4v) is 4.26. The average molecular weight is 435 g/mol. The van der Waals surface area contributed by atoms with Gasteiger partial charge in [0.25, 0.3) is 0 Å². The number of urea groups is 1. The molecule has 8 nitrogen and oxygen atoms in total. The summed E-state index contributed by atoms with van der Waals surface area (Å²) >= 11 is 0. The molecule has 1 saturated heterocycles. The summed E-state index contributed by atoms with van der Waals surface area (Å²) in [6.45, 7) is 2.48. The van der Waals surface area contributed by atoms with Crippen LogP contribution >= 0.6 is 0 Å². The second-order valence-electron chi connectivity index (χ2n) is 8.03. The normalized spacial score (nSPS) is 20.6. The van der Waals surface area contributed by atoms with Crippen LogP contribution in [-0.2, 0) is 7.05 Å². The SMILES string of the molecule is Cc1cnc(Nc2cn(C)nc2C)nc1C1=CC2CCC(C1)N2C(=O)NCC(F)(F)F. The van der Waals surface area contributed by atoms with Crippen molar-refractivity contribution in [3.63, 3.8) is 0 Å². The zero-order valence-corrected chi connectivity index (χ0v) is 17.5. The zero-order valence-electron chi connectivity index (χ0n) is 17.5. The minimum absolute atomic E-state index is 0.149. The van der Waals surface area contributed by atoms with Crippen LogP contribution in [0.5, 0.6) is 0 Å². The molecule has 2 unspecified atom stereocenters. The Bertz CT molecular complexity index is 1030. The number of halogens is 3. The van der Waals surface area contributed by atoms with Gasteiger partial charge in [0.05, 0.1) is 23.1 Å². The number of aryl methyl sites for hydroxylation is 3. The molecular formula is C20H24F3N7O. The molecule has 2 aliphatic rings. The first-order valence-electron chi connectivity index (χ1n) is 10.1. The second kappa shape index (κ2) is 7.86. The number of carbonyl (C=O) groups is 1. The maximum atomic E-state index is 12.5. The summed E-state index contributed by atoms with van der Waals surface area (Å²) in [4.78, 5) is 22.9. The average Bonchev–Trinajstić information content (AvgIpc) is 3.14. The van der Waals surface area contributed by atoms with Crippen molar-refractivity contribution in [3.05, 3.63) is 35.4 Å². The third-order valence-corrected chi connectivity index (χ3v) is 5.61. The van der Waals surface area contributed by atoms with Crippen molar-refractivity contribution < 1.29 is 18.0 Å². The number of carbonyl (C=O) groups excluding carboxylic acids is 1. The topological polar surface area (TPSA) is 88.0 Å². The van der Waals surface area contributed by atoms with Crippen molar-refractivity contribution in [1.29, 1.82) is 0 Å². The monoisotopic (exact) mass is 435 g/mol. The highest BCUT2D eigenvalue weighted by Crippen LogP contribution is 2.39. The van der Waals surface area contributed by atoms with Gasteiger partial charge in [0.1, 0.15) is 6.54 Å². The van der Waals surface area contributed by atoms with Gasteiger partial charge in [-0.25, -0.2) is 14.8 Å². The van der Waals surface area contributed by atoms with E-state index in [2.05, 4.69) is 20.4 Å². The van der Waals surface area contributed by atoms with Crippen LogP contribution in [0.1, 0.15) is 36.2 Å². The second-order valence-corrected chi connectivity index (χ2v) is 8.03. The van der Waals surface area contributed by atoms with Gasteiger partial charge in [-0.15, -0.1) is 0 Å². The molecule has 166 valence electrons. The Morgan fingerprint density at radius 2 is 2.06 bits per heavy atom. The smallest absolute Gasteiger partial charge is 0.329 e. The van der Waals surface area contributed by atoms with Crippen molar-refractivity contribution in [1.82, 2.24) is 30.0 Å². The first-order valence-corrected chi connectivity index (χ1v) is 10.1. The van der Waals surface area contributed by atoms with E-state index < -0.39 is 18.8 Å². The van der Waals surface area contributed by atoms with Crippen molar-refractivity contribution in [2.45, 2.75) is 51.4 Å². The van der Waals surface area contributed by atoms with E-state index in [-0.39, 0.29) is 12.1 Å². The van der Waals surface area contributed by atoms with Gasteiger partial charge in [-0.05, 0) is 44.2 Å². The summed E-state index contributed by atoms with van der Waals surface area (Å²) in [5.74, 6) is 0.440. The predicted molar refractivity (Wildman–Crippen MR) is 109 cm³/mol.